The van der Waals surface area contributed by atoms with Crippen molar-refractivity contribution >= 4 is 5.78 Å². The number of hydrogen-bond acceptors (Lipinski definition) is 4. The Labute approximate surface area is 150 Å². The van der Waals surface area contributed by atoms with Crippen LogP contribution in [-0.4, -0.2) is 28.7 Å². The molecule has 4 heteroatoms. The summed E-state index contributed by atoms with van der Waals surface area (Å²) < 4.78 is 11.7. The maximum atomic E-state index is 13.2. The van der Waals surface area contributed by atoms with Crippen molar-refractivity contribution < 1.29 is 19.4 Å². The first kappa shape index (κ1) is 18.2. The second-order valence-corrected chi connectivity index (χ2v) is 8.24. The second-order valence-electron chi connectivity index (χ2n) is 8.24. The summed E-state index contributed by atoms with van der Waals surface area (Å²) >= 11 is 0. The summed E-state index contributed by atoms with van der Waals surface area (Å²) in [6, 6.07) is 0. The summed E-state index contributed by atoms with van der Waals surface area (Å²) in [5.74, 6) is 0.332. The van der Waals surface area contributed by atoms with Crippen molar-refractivity contribution in [2.24, 2.45) is 5.41 Å². The van der Waals surface area contributed by atoms with Gasteiger partial charge in [0.2, 0.25) is 11.5 Å². The van der Waals surface area contributed by atoms with Crippen LogP contribution in [0.1, 0.15) is 66.7 Å². The summed E-state index contributed by atoms with van der Waals surface area (Å²) in [6.07, 6.45) is 8.82. The standard InChI is InChI=1S/C21H30O4/c1-13(2)24-17-18(22)20(5)11-16(15-9-7-6-8-10-15)12-21(20,23)19(17)25-14(3)4/h9,12-14,23H,6-8,10-11H2,1-5H3/t20-,21-/m0/s1. The largest absolute Gasteiger partial charge is 0.488 e. The molecule has 0 unspecified atom stereocenters. The molecule has 0 aromatic rings. The maximum Gasteiger partial charge on any atom is 0.210 e. The number of carbonyl (C=O) groups excluding carboxylic acids is 1. The van der Waals surface area contributed by atoms with Crippen LogP contribution in [0, 0.1) is 5.41 Å². The van der Waals surface area contributed by atoms with E-state index < -0.39 is 11.0 Å². The van der Waals surface area contributed by atoms with Crippen LogP contribution in [0.15, 0.2) is 34.8 Å². The Kier molecular flexibility index (Phi) is 4.61. The number of ether oxygens (including phenoxy) is 2. The fourth-order valence-electron chi connectivity index (χ4n) is 4.13. The van der Waals surface area contributed by atoms with Gasteiger partial charge in [0, 0.05) is 0 Å². The number of fused-ring (bicyclic) bond motifs is 1. The smallest absolute Gasteiger partial charge is 0.210 e. The van der Waals surface area contributed by atoms with Crippen molar-refractivity contribution in [3.8, 4) is 0 Å². The van der Waals surface area contributed by atoms with Gasteiger partial charge >= 0.3 is 0 Å². The third kappa shape index (κ3) is 2.84. The molecule has 4 nitrogen and oxygen atoms in total. The highest BCUT2D eigenvalue weighted by atomic mass is 16.5. The van der Waals surface area contributed by atoms with Gasteiger partial charge in [-0.25, -0.2) is 0 Å². The summed E-state index contributed by atoms with van der Waals surface area (Å²) in [6.45, 7) is 9.38. The summed E-state index contributed by atoms with van der Waals surface area (Å²) in [4.78, 5) is 13.2. The van der Waals surface area contributed by atoms with Crippen molar-refractivity contribution in [3.05, 3.63) is 34.8 Å². The van der Waals surface area contributed by atoms with Gasteiger partial charge in [-0.05, 0) is 83.9 Å². The van der Waals surface area contributed by atoms with Gasteiger partial charge in [-0.3, -0.25) is 4.79 Å². The zero-order chi connectivity index (χ0) is 18.4. The van der Waals surface area contributed by atoms with Gasteiger partial charge < -0.3 is 14.6 Å². The minimum absolute atomic E-state index is 0.147. The van der Waals surface area contributed by atoms with Crippen LogP contribution in [0.4, 0.5) is 0 Å². The van der Waals surface area contributed by atoms with Crippen LogP contribution in [0.5, 0.6) is 0 Å². The van der Waals surface area contributed by atoms with Crippen molar-refractivity contribution in [1.82, 2.24) is 0 Å². The van der Waals surface area contributed by atoms with E-state index in [4.69, 9.17) is 9.47 Å². The van der Waals surface area contributed by atoms with Gasteiger partial charge in [-0.2, -0.15) is 0 Å². The Balaban J connectivity index is 2.07. The summed E-state index contributed by atoms with van der Waals surface area (Å²) in [5.41, 5.74) is -0.00816. The first-order valence-electron chi connectivity index (χ1n) is 9.45. The van der Waals surface area contributed by atoms with Crippen molar-refractivity contribution in [2.75, 3.05) is 0 Å². The fourth-order valence-corrected chi connectivity index (χ4v) is 4.13. The first-order valence-corrected chi connectivity index (χ1v) is 9.45. The average molecular weight is 346 g/mol. The maximum absolute atomic E-state index is 13.2. The lowest BCUT2D eigenvalue weighted by molar-refractivity contribution is -0.133. The lowest BCUT2D eigenvalue weighted by Crippen LogP contribution is -2.44. The van der Waals surface area contributed by atoms with Crippen LogP contribution in [0.3, 0.4) is 0 Å². The molecule has 0 spiro atoms. The molecular weight excluding hydrogens is 316 g/mol. The van der Waals surface area contributed by atoms with E-state index in [-0.39, 0.29) is 29.5 Å². The molecule has 0 amide bonds. The highest BCUT2D eigenvalue weighted by molar-refractivity contribution is 6.04. The first-order chi connectivity index (χ1) is 11.7. The molecule has 25 heavy (non-hydrogen) atoms. The number of hydrogen-bond donors (Lipinski definition) is 1. The summed E-state index contributed by atoms with van der Waals surface area (Å²) in [7, 11) is 0. The molecular formula is C21H30O4. The van der Waals surface area contributed by atoms with E-state index in [9.17, 15) is 9.90 Å². The lowest BCUT2D eigenvalue weighted by atomic mass is 9.75. The van der Waals surface area contributed by atoms with Gasteiger partial charge in [-0.1, -0.05) is 6.08 Å². The molecule has 0 aromatic carbocycles. The van der Waals surface area contributed by atoms with E-state index in [1.807, 2.05) is 40.7 Å². The quantitative estimate of drug-likeness (QED) is 0.810. The zero-order valence-corrected chi connectivity index (χ0v) is 16.0. The number of ketones is 1. The van der Waals surface area contributed by atoms with Crippen LogP contribution >= 0.6 is 0 Å². The minimum atomic E-state index is -1.42. The predicted octanol–water partition coefficient (Wildman–Crippen LogP) is 4.20. The molecule has 0 saturated heterocycles. The Morgan fingerprint density at radius 3 is 2.32 bits per heavy atom. The van der Waals surface area contributed by atoms with E-state index in [1.165, 1.54) is 18.4 Å². The monoisotopic (exact) mass is 346 g/mol. The molecule has 0 heterocycles. The lowest BCUT2D eigenvalue weighted by Gasteiger charge is -2.32. The Morgan fingerprint density at radius 1 is 1.08 bits per heavy atom. The van der Waals surface area contributed by atoms with Crippen LogP contribution in [-0.2, 0) is 14.3 Å². The number of carbonyl (C=O) groups is 1. The predicted molar refractivity (Wildman–Crippen MR) is 96.8 cm³/mol. The average Bonchev–Trinajstić information content (AvgIpc) is 2.90. The topological polar surface area (TPSA) is 55.8 Å². The molecule has 1 N–H and O–H groups in total. The third-order valence-electron chi connectivity index (χ3n) is 5.44. The number of Topliss-reactive ketones (excluding diaryl/α,β-unsaturated/α-hetero) is 1. The van der Waals surface area contributed by atoms with Gasteiger partial charge in [0.15, 0.2) is 11.4 Å². The van der Waals surface area contributed by atoms with Gasteiger partial charge in [0.25, 0.3) is 0 Å². The van der Waals surface area contributed by atoms with E-state index >= 15 is 0 Å². The zero-order valence-electron chi connectivity index (χ0n) is 16.0. The van der Waals surface area contributed by atoms with Crippen LogP contribution in [0.2, 0.25) is 0 Å². The summed E-state index contributed by atoms with van der Waals surface area (Å²) in [5, 5.41) is 11.6. The van der Waals surface area contributed by atoms with Crippen molar-refractivity contribution in [2.45, 2.75) is 84.5 Å². The Morgan fingerprint density at radius 2 is 1.76 bits per heavy atom. The van der Waals surface area contributed by atoms with E-state index in [0.29, 0.717) is 6.42 Å². The van der Waals surface area contributed by atoms with E-state index in [0.717, 1.165) is 18.4 Å². The fraction of sp³-hybridized carbons (Fsp3) is 0.667. The third-order valence-corrected chi connectivity index (χ3v) is 5.44. The Bertz CT molecular complexity index is 667. The number of rotatable bonds is 5. The van der Waals surface area contributed by atoms with Crippen LogP contribution in [0.25, 0.3) is 0 Å². The van der Waals surface area contributed by atoms with E-state index in [1.54, 1.807) is 0 Å². The number of allylic oxidation sites excluding steroid dienone is 4. The normalized spacial score (nSPS) is 32.2. The SMILES string of the molecule is CC(C)OC1=C(OC(C)C)[C@@]2(O)C=C(C3=CCCCC3)C[C@@]2(C)C1=O. The van der Waals surface area contributed by atoms with Gasteiger partial charge in [0.1, 0.15) is 0 Å². The highest BCUT2D eigenvalue weighted by Crippen LogP contribution is 2.58. The molecule has 0 fully saturated rings. The minimum Gasteiger partial charge on any atom is -0.488 e. The van der Waals surface area contributed by atoms with Gasteiger partial charge in [-0.15, -0.1) is 0 Å². The Hall–Kier alpha value is -1.55. The molecule has 3 aliphatic rings. The molecule has 0 aromatic heterocycles. The second kappa shape index (κ2) is 6.31. The molecule has 0 bridgehead atoms. The van der Waals surface area contributed by atoms with Gasteiger partial charge in [0.05, 0.1) is 17.6 Å². The molecule has 138 valence electrons. The number of aliphatic hydroxyl groups is 1. The molecule has 0 saturated carbocycles. The molecule has 0 radical (unpaired) electrons. The van der Waals surface area contributed by atoms with Crippen molar-refractivity contribution in [3.63, 3.8) is 0 Å². The van der Waals surface area contributed by atoms with Crippen LogP contribution < -0.4 is 0 Å². The highest BCUT2D eigenvalue weighted by Gasteiger charge is 2.66. The molecule has 3 rings (SSSR count). The molecule has 0 aliphatic heterocycles. The molecule has 3 aliphatic carbocycles. The van der Waals surface area contributed by atoms with E-state index in [2.05, 4.69) is 6.08 Å². The molecule has 2 atom stereocenters. The van der Waals surface area contributed by atoms with Crippen molar-refractivity contribution in [1.29, 1.82) is 0 Å².